The molecule has 0 aliphatic carbocycles. The Hall–Kier alpha value is -2.88. The molecule has 0 aliphatic heterocycles. The molecule has 4 heteroatoms. The van der Waals surface area contributed by atoms with Gasteiger partial charge in [-0.2, -0.15) is 0 Å². The number of hydrogen-bond donors (Lipinski definition) is 0. The number of carbonyl (C=O) groups is 2. The van der Waals surface area contributed by atoms with Crippen LogP contribution in [-0.2, 0) is 9.59 Å². The van der Waals surface area contributed by atoms with Gasteiger partial charge in [0.15, 0.2) is 0 Å². The first-order valence-corrected chi connectivity index (χ1v) is 6.87. The summed E-state index contributed by atoms with van der Waals surface area (Å²) in [6.45, 7) is 1.68. The molecule has 0 heterocycles. The molecule has 0 N–H and O–H groups in total. The van der Waals surface area contributed by atoms with Crippen molar-refractivity contribution in [2.75, 3.05) is 0 Å². The third-order valence-electron chi connectivity index (χ3n) is 2.87. The zero-order chi connectivity index (χ0) is 15.8. The molecular weight excluding hydrogens is 280 g/mol. The molecule has 2 aromatic rings. The predicted octanol–water partition coefficient (Wildman–Crippen LogP) is 3.53. The van der Waals surface area contributed by atoms with Crippen LogP contribution in [0.5, 0.6) is 11.5 Å². The average molecular weight is 296 g/mol. The molecule has 0 saturated carbocycles. The summed E-state index contributed by atoms with van der Waals surface area (Å²) in [7, 11) is 0. The lowest BCUT2D eigenvalue weighted by atomic mass is 10.2. The van der Waals surface area contributed by atoms with Gasteiger partial charge < -0.3 is 9.47 Å². The number of carbonyl (C=O) groups excluding carboxylic acids is 2. The molecule has 2 aromatic carbocycles. The smallest absolute Gasteiger partial charge is 0.339 e. The van der Waals surface area contributed by atoms with Gasteiger partial charge in [0.2, 0.25) is 0 Å². The monoisotopic (exact) mass is 296 g/mol. The van der Waals surface area contributed by atoms with Crippen molar-refractivity contribution < 1.29 is 19.1 Å². The van der Waals surface area contributed by atoms with Gasteiger partial charge in [-0.05, 0) is 31.2 Å². The summed E-state index contributed by atoms with van der Waals surface area (Å²) in [4.78, 5) is 23.9. The van der Waals surface area contributed by atoms with Gasteiger partial charge in [-0.25, -0.2) is 4.79 Å². The molecule has 0 amide bonds. The minimum Gasteiger partial charge on any atom is -0.426 e. The topological polar surface area (TPSA) is 52.6 Å². The minimum atomic E-state index is -0.557. The maximum absolute atomic E-state index is 12.0. The summed E-state index contributed by atoms with van der Waals surface area (Å²) >= 11 is 0. The van der Waals surface area contributed by atoms with E-state index in [1.165, 1.54) is 0 Å². The van der Waals surface area contributed by atoms with E-state index in [1.54, 1.807) is 61.5 Å². The maximum atomic E-state index is 12.0. The number of hydrogen-bond acceptors (Lipinski definition) is 4. The minimum absolute atomic E-state index is 0.142. The highest BCUT2D eigenvalue weighted by atomic mass is 16.5. The molecule has 0 fully saturated rings. The highest BCUT2D eigenvalue weighted by molar-refractivity contribution is 5.95. The Morgan fingerprint density at radius 1 is 0.864 bits per heavy atom. The standard InChI is InChI=1S/C18H16O4/c1-2-14(18(20)22-16-11-7-4-8-12-16)13-17(19)21-15-9-5-3-6-10-15/h2-12H,13H2,1H3. The second-order valence-corrected chi connectivity index (χ2v) is 4.48. The van der Waals surface area contributed by atoms with Crippen LogP contribution < -0.4 is 9.47 Å². The van der Waals surface area contributed by atoms with Gasteiger partial charge in [0.05, 0.1) is 6.42 Å². The van der Waals surface area contributed by atoms with E-state index in [0.717, 1.165) is 0 Å². The Balaban J connectivity index is 1.94. The SMILES string of the molecule is CC=C(CC(=O)Oc1ccccc1)C(=O)Oc1ccccc1. The number of rotatable bonds is 5. The van der Waals surface area contributed by atoms with Crippen molar-refractivity contribution in [3.05, 3.63) is 72.3 Å². The number of para-hydroxylation sites is 2. The summed E-state index contributed by atoms with van der Waals surface area (Å²) in [6.07, 6.45) is 1.41. The Morgan fingerprint density at radius 2 is 1.36 bits per heavy atom. The third-order valence-corrected chi connectivity index (χ3v) is 2.87. The second-order valence-electron chi connectivity index (χ2n) is 4.48. The zero-order valence-electron chi connectivity index (χ0n) is 12.2. The van der Waals surface area contributed by atoms with Crippen LogP contribution in [0.3, 0.4) is 0 Å². The van der Waals surface area contributed by atoms with Crippen LogP contribution >= 0.6 is 0 Å². The van der Waals surface area contributed by atoms with Crippen LogP contribution in [0.1, 0.15) is 13.3 Å². The molecule has 4 nitrogen and oxygen atoms in total. The van der Waals surface area contributed by atoms with Crippen LogP contribution in [-0.4, -0.2) is 11.9 Å². The molecule has 2 rings (SSSR count). The molecule has 0 aliphatic rings. The van der Waals surface area contributed by atoms with Crippen LogP contribution in [0, 0.1) is 0 Å². The van der Waals surface area contributed by atoms with Crippen molar-refractivity contribution in [3.8, 4) is 11.5 Å². The van der Waals surface area contributed by atoms with Crippen molar-refractivity contribution >= 4 is 11.9 Å². The lowest BCUT2D eigenvalue weighted by Gasteiger charge is -2.08. The molecule has 0 aromatic heterocycles. The fraction of sp³-hybridized carbons (Fsp3) is 0.111. The second kappa shape index (κ2) is 7.78. The molecule has 0 atom stereocenters. The third kappa shape index (κ3) is 4.59. The largest absolute Gasteiger partial charge is 0.426 e. The van der Waals surface area contributed by atoms with E-state index in [0.29, 0.717) is 11.5 Å². The number of esters is 2. The van der Waals surface area contributed by atoms with Gasteiger partial charge in [0.1, 0.15) is 11.5 Å². The van der Waals surface area contributed by atoms with Crippen molar-refractivity contribution in [1.29, 1.82) is 0 Å². The van der Waals surface area contributed by atoms with Gasteiger partial charge in [-0.15, -0.1) is 0 Å². The van der Waals surface area contributed by atoms with Crippen molar-refractivity contribution in [3.63, 3.8) is 0 Å². The van der Waals surface area contributed by atoms with Crippen molar-refractivity contribution in [1.82, 2.24) is 0 Å². The number of benzene rings is 2. The van der Waals surface area contributed by atoms with E-state index < -0.39 is 11.9 Å². The molecule has 22 heavy (non-hydrogen) atoms. The van der Waals surface area contributed by atoms with Gasteiger partial charge in [0, 0.05) is 5.57 Å². The van der Waals surface area contributed by atoms with Crippen LogP contribution in [0.15, 0.2) is 72.3 Å². The summed E-state index contributed by atoms with van der Waals surface area (Å²) < 4.78 is 10.4. The summed E-state index contributed by atoms with van der Waals surface area (Å²) in [5.74, 6) is -0.189. The molecule has 0 radical (unpaired) electrons. The number of ether oxygens (including phenoxy) is 2. The molecule has 0 bridgehead atoms. The normalized spacial score (nSPS) is 10.9. The summed E-state index contributed by atoms with van der Waals surface area (Å²) in [5.41, 5.74) is 0.254. The first-order chi connectivity index (χ1) is 10.7. The van der Waals surface area contributed by atoms with E-state index in [1.807, 2.05) is 12.1 Å². The predicted molar refractivity (Wildman–Crippen MR) is 82.5 cm³/mol. The maximum Gasteiger partial charge on any atom is 0.339 e. The Labute approximate surface area is 129 Å². The number of allylic oxidation sites excluding steroid dienone is 1. The van der Waals surface area contributed by atoms with E-state index in [9.17, 15) is 9.59 Å². The Kier molecular flexibility index (Phi) is 5.49. The summed E-state index contributed by atoms with van der Waals surface area (Å²) in [6, 6.07) is 17.4. The highest BCUT2D eigenvalue weighted by Gasteiger charge is 2.16. The van der Waals surface area contributed by atoms with Crippen LogP contribution in [0.2, 0.25) is 0 Å². The Morgan fingerprint density at radius 3 is 1.86 bits per heavy atom. The molecular formula is C18H16O4. The van der Waals surface area contributed by atoms with E-state index >= 15 is 0 Å². The zero-order valence-corrected chi connectivity index (χ0v) is 12.2. The molecule has 0 unspecified atom stereocenters. The quantitative estimate of drug-likeness (QED) is 0.481. The molecule has 112 valence electrons. The van der Waals surface area contributed by atoms with E-state index in [-0.39, 0.29) is 12.0 Å². The van der Waals surface area contributed by atoms with Gasteiger partial charge in [0.25, 0.3) is 0 Å². The molecule has 0 saturated heterocycles. The van der Waals surface area contributed by atoms with Gasteiger partial charge in [-0.1, -0.05) is 42.5 Å². The van der Waals surface area contributed by atoms with Crippen molar-refractivity contribution in [2.45, 2.75) is 13.3 Å². The molecule has 0 spiro atoms. The van der Waals surface area contributed by atoms with Crippen molar-refractivity contribution in [2.24, 2.45) is 0 Å². The summed E-state index contributed by atoms with van der Waals surface area (Å²) in [5, 5.41) is 0. The average Bonchev–Trinajstić information content (AvgIpc) is 2.54. The fourth-order valence-electron chi connectivity index (χ4n) is 1.76. The first kappa shape index (κ1) is 15.5. The van der Waals surface area contributed by atoms with E-state index in [4.69, 9.17) is 9.47 Å². The van der Waals surface area contributed by atoms with Crippen LogP contribution in [0.25, 0.3) is 0 Å². The van der Waals surface area contributed by atoms with Crippen LogP contribution in [0.4, 0.5) is 0 Å². The van der Waals surface area contributed by atoms with Gasteiger partial charge in [-0.3, -0.25) is 4.79 Å². The Bertz CT molecular complexity index is 660. The lowest BCUT2D eigenvalue weighted by Crippen LogP contribution is -2.17. The highest BCUT2D eigenvalue weighted by Crippen LogP contribution is 2.15. The lowest BCUT2D eigenvalue weighted by molar-refractivity contribution is -0.136. The first-order valence-electron chi connectivity index (χ1n) is 6.87. The van der Waals surface area contributed by atoms with E-state index in [2.05, 4.69) is 0 Å². The van der Waals surface area contributed by atoms with Gasteiger partial charge >= 0.3 is 11.9 Å². The fourth-order valence-corrected chi connectivity index (χ4v) is 1.76.